The van der Waals surface area contributed by atoms with Crippen LogP contribution in [-0.2, 0) is 17.9 Å². The summed E-state index contributed by atoms with van der Waals surface area (Å²) >= 11 is 0. The van der Waals surface area contributed by atoms with Gasteiger partial charge in [0.25, 0.3) is 5.91 Å². The number of carbonyl (C=O) groups excluding carboxylic acids is 2. The van der Waals surface area contributed by atoms with Crippen LogP contribution >= 0.6 is 0 Å². The minimum atomic E-state index is -0.796. The predicted molar refractivity (Wildman–Crippen MR) is 81.0 cm³/mol. The highest BCUT2D eigenvalue weighted by Gasteiger charge is 2.48. The Morgan fingerprint density at radius 3 is 2.95 bits per heavy atom. The van der Waals surface area contributed by atoms with Gasteiger partial charge in [-0.25, -0.2) is 9.78 Å². The number of aromatic nitrogens is 2. The summed E-state index contributed by atoms with van der Waals surface area (Å²) in [6, 6.07) is -0.383. The highest BCUT2D eigenvalue weighted by Crippen LogP contribution is 2.30. The maximum Gasteiger partial charge on any atom is 0.322 e. The Hall–Kier alpha value is -1.89. The summed E-state index contributed by atoms with van der Waals surface area (Å²) in [4.78, 5) is 30.3. The summed E-state index contributed by atoms with van der Waals surface area (Å²) in [6.45, 7) is 7.41. The molecule has 3 amide bonds. The average molecular weight is 305 g/mol. The molecule has 3 heterocycles. The summed E-state index contributed by atoms with van der Waals surface area (Å²) in [6.07, 6.45) is 5.79. The van der Waals surface area contributed by atoms with Crippen LogP contribution in [0.4, 0.5) is 4.79 Å². The molecule has 0 saturated carbocycles. The molecule has 0 aromatic carbocycles. The number of amides is 3. The van der Waals surface area contributed by atoms with Gasteiger partial charge in [-0.2, -0.15) is 0 Å². The fourth-order valence-corrected chi connectivity index (χ4v) is 3.49. The molecule has 22 heavy (non-hydrogen) atoms. The molecule has 0 radical (unpaired) electrons. The molecule has 2 aliphatic heterocycles. The van der Waals surface area contributed by atoms with Crippen molar-refractivity contribution in [3.05, 3.63) is 18.2 Å². The van der Waals surface area contributed by atoms with Gasteiger partial charge in [0.15, 0.2) is 0 Å². The number of rotatable bonds is 4. The molecular weight excluding hydrogens is 282 g/mol. The highest BCUT2D eigenvalue weighted by atomic mass is 16.2. The largest absolute Gasteiger partial charge is 0.334 e. The van der Waals surface area contributed by atoms with E-state index in [0.717, 1.165) is 44.8 Å². The van der Waals surface area contributed by atoms with Crippen LogP contribution in [0.15, 0.2) is 12.4 Å². The SMILES string of the molecule is CCn1ccnc1CN1CCC[C@@H]([C@@]2(C)NC(=O)NC2=O)C1. The van der Waals surface area contributed by atoms with Gasteiger partial charge in [0.1, 0.15) is 11.4 Å². The van der Waals surface area contributed by atoms with Gasteiger partial charge >= 0.3 is 6.03 Å². The second-order valence-corrected chi connectivity index (χ2v) is 6.31. The van der Waals surface area contributed by atoms with Gasteiger partial charge in [-0.05, 0) is 33.2 Å². The highest BCUT2D eigenvalue weighted by molar-refractivity contribution is 6.06. The molecule has 7 nitrogen and oxygen atoms in total. The van der Waals surface area contributed by atoms with Crippen LogP contribution in [0.3, 0.4) is 0 Å². The molecular formula is C15H23N5O2. The van der Waals surface area contributed by atoms with Crippen molar-refractivity contribution in [2.75, 3.05) is 13.1 Å². The summed E-state index contributed by atoms with van der Waals surface area (Å²) in [5.41, 5.74) is -0.796. The maximum absolute atomic E-state index is 12.1. The zero-order valence-corrected chi connectivity index (χ0v) is 13.1. The monoisotopic (exact) mass is 305 g/mol. The van der Waals surface area contributed by atoms with Gasteiger partial charge < -0.3 is 9.88 Å². The number of urea groups is 1. The Labute approximate surface area is 130 Å². The first-order chi connectivity index (χ1) is 10.5. The first-order valence-corrected chi connectivity index (χ1v) is 7.89. The lowest BCUT2D eigenvalue weighted by molar-refractivity contribution is -0.126. The van der Waals surface area contributed by atoms with Crippen LogP contribution in [0, 0.1) is 5.92 Å². The summed E-state index contributed by atoms with van der Waals surface area (Å²) < 4.78 is 2.13. The smallest absolute Gasteiger partial charge is 0.322 e. The van der Waals surface area contributed by atoms with E-state index >= 15 is 0 Å². The van der Waals surface area contributed by atoms with Gasteiger partial charge in [-0.15, -0.1) is 0 Å². The van der Waals surface area contributed by atoms with E-state index in [9.17, 15) is 9.59 Å². The Morgan fingerprint density at radius 2 is 2.27 bits per heavy atom. The number of nitrogens with one attached hydrogen (secondary N) is 2. The molecule has 2 atom stereocenters. The fraction of sp³-hybridized carbons (Fsp3) is 0.667. The van der Waals surface area contributed by atoms with E-state index in [0.29, 0.717) is 0 Å². The summed E-state index contributed by atoms with van der Waals surface area (Å²) in [5.74, 6) is 0.963. The van der Waals surface area contributed by atoms with Crippen molar-refractivity contribution >= 4 is 11.9 Å². The maximum atomic E-state index is 12.1. The van der Waals surface area contributed by atoms with Crippen molar-refractivity contribution in [2.45, 2.75) is 45.3 Å². The van der Waals surface area contributed by atoms with E-state index in [1.807, 2.05) is 19.3 Å². The molecule has 7 heteroatoms. The molecule has 2 N–H and O–H groups in total. The van der Waals surface area contributed by atoms with Crippen LogP contribution in [-0.4, -0.2) is 45.0 Å². The van der Waals surface area contributed by atoms with E-state index in [1.165, 1.54) is 0 Å². The van der Waals surface area contributed by atoms with E-state index in [-0.39, 0.29) is 17.9 Å². The molecule has 120 valence electrons. The van der Waals surface area contributed by atoms with Crippen molar-refractivity contribution < 1.29 is 9.59 Å². The van der Waals surface area contributed by atoms with Crippen molar-refractivity contribution in [1.82, 2.24) is 25.1 Å². The number of nitrogens with zero attached hydrogens (tertiary/aromatic N) is 3. The van der Waals surface area contributed by atoms with Crippen molar-refractivity contribution in [3.63, 3.8) is 0 Å². The number of piperidine rings is 1. The topological polar surface area (TPSA) is 79.3 Å². The van der Waals surface area contributed by atoms with Crippen LogP contribution < -0.4 is 10.6 Å². The van der Waals surface area contributed by atoms with E-state index in [4.69, 9.17) is 0 Å². The number of imide groups is 1. The third kappa shape index (κ3) is 2.61. The molecule has 1 aromatic rings. The number of likely N-dealkylation sites (tertiary alicyclic amines) is 1. The Kier molecular flexibility index (Phi) is 3.90. The molecule has 1 aromatic heterocycles. The third-order valence-corrected chi connectivity index (χ3v) is 4.90. The zero-order valence-electron chi connectivity index (χ0n) is 13.1. The number of hydrogen-bond acceptors (Lipinski definition) is 4. The summed E-state index contributed by atoms with van der Waals surface area (Å²) in [5, 5.41) is 5.16. The minimum absolute atomic E-state index is 0.123. The van der Waals surface area contributed by atoms with E-state index in [1.54, 1.807) is 0 Å². The zero-order chi connectivity index (χ0) is 15.7. The lowest BCUT2D eigenvalue weighted by Gasteiger charge is -2.39. The molecule has 2 saturated heterocycles. The van der Waals surface area contributed by atoms with Crippen LogP contribution in [0.1, 0.15) is 32.5 Å². The van der Waals surface area contributed by atoms with Crippen molar-refractivity contribution in [1.29, 1.82) is 0 Å². The lowest BCUT2D eigenvalue weighted by atomic mass is 9.80. The number of aryl methyl sites for hydroxylation is 1. The first-order valence-electron chi connectivity index (χ1n) is 7.89. The molecule has 0 spiro atoms. The van der Waals surface area contributed by atoms with Crippen LogP contribution in [0.5, 0.6) is 0 Å². The Bertz CT molecular complexity index is 584. The van der Waals surface area contributed by atoms with Crippen LogP contribution in [0.25, 0.3) is 0 Å². The molecule has 0 bridgehead atoms. The third-order valence-electron chi connectivity index (χ3n) is 4.90. The lowest BCUT2D eigenvalue weighted by Crippen LogP contribution is -2.55. The number of hydrogen-bond donors (Lipinski definition) is 2. The average Bonchev–Trinajstić information content (AvgIpc) is 3.04. The molecule has 0 aliphatic carbocycles. The van der Waals surface area contributed by atoms with Crippen LogP contribution in [0.2, 0.25) is 0 Å². The second-order valence-electron chi connectivity index (χ2n) is 6.31. The molecule has 2 aliphatic rings. The molecule has 0 unspecified atom stereocenters. The summed E-state index contributed by atoms with van der Waals surface area (Å²) in [7, 11) is 0. The normalized spacial score (nSPS) is 29.5. The van der Waals surface area contributed by atoms with Gasteiger partial charge in [0, 0.05) is 31.4 Å². The van der Waals surface area contributed by atoms with Gasteiger partial charge in [-0.1, -0.05) is 0 Å². The Morgan fingerprint density at radius 1 is 1.45 bits per heavy atom. The predicted octanol–water partition coefficient (Wildman–Crippen LogP) is 0.713. The van der Waals surface area contributed by atoms with Gasteiger partial charge in [-0.3, -0.25) is 15.0 Å². The first kappa shape index (κ1) is 15.0. The number of imidazole rings is 1. The quantitative estimate of drug-likeness (QED) is 0.803. The van der Waals surface area contributed by atoms with Gasteiger partial charge in [0.2, 0.25) is 0 Å². The molecule has 2 fully saturated rings. The molecule has 3 rings (SSSR count). The van der Waals surface area contributed by atoms with Crippen molar-refractivity contribution in [2.24, 2.45) is 5.92 Å². The Balaban J connectivity index is 1.69. The van der Waals surface area contributed by atoms with Crippen molar-refractivity contribution in [3.8, 4) is 0 Å². The van der Waals surface area contributed by atoms with Gasteiger partial charge in [0.05, 0.1) is 6.54 Å². The minimum Gasteiger partial charge on any atom is -0.334 e. The van der Waals surface area contributed by atoms with E-state index < -0.39 is 5.54 Å². The fourth-order valence-electron chi connectivity index (χ4n) is 3.49. The number of carbonyl (C=O) groups is 2. The van der Waals surface area contributed by atoms with E-state index in [2.05, 4.69) is 32.0 Å². The standard InChI is InChI=1S/C15H23N5O2/c1-3-20-8-6-16-12(20)10-19-7-4-5-11(9-19)15(2)13(21)17-14(22)18-15/h6,8,11H,3-5,7,9-10H2,1-2H3,(H2,17,18,21,22)/t11-,15-/m1/s1. The second kappa shape index (κ2) is 5.72.